The van der Waals surface area contributed by atoms with Gasteiger partial charge in [-0.15, -0.1) is 0 Å². The van der Waals surface area contributed by atoms with Gasteiger partial charge in [0.2, 0.25) is 6.29 Å². The standard InChI is InChI=1S/C53H78O24/c1-19-30(73-36-17-33(49(66-9)24(6)71-36)76-34-14-29(55)43(58)21(3)68-34)13-27-11-26-12-28(50(67-10)48(63)42(57)20(2)54)51(47(62)40(26)46(61)39(27)41(19)56)77-37-16-31(44(59)23(5)70-37)74-35-15-32(45(60)22(4)69-35)75-38-18-53(8,65)52(64)25(7)72-38/h11,13,20-25,28-29,31-38,42-45,49-52,54-61,64-65H,12,14-18H2,1-10H3/t20-,21-,22-,23-,24-,25-,28+,29-,31-,32-,33-,34+,35?,36+,37+,38+,42+,43-,44-,45+,49-,50+,51+,52-,53+/m1/s1. The normalized spacial score (nSPS) is 42.1. The van der Waals surface area contributed by atoms with Gasteiger partial charge < -0.3 is 108 Å². The zero-order valence-corrected chi connectivity index (χ0v) is 44.9. The Morgan fingerprint density at radius 3 is 1.81 bits per heavy atom. The number of carbonyl (C=O) groups excluding carboxylic acids is 2. The highest BCUT2D eigenvalue weighted by Gasteiger charge is 2.52. The molecule has 8 rings (SSSR count). The van der Waals surface area contributed by atoms with Gasteiger partial charge in [-0.2, -0.15) is 0 Å². The van der Waals surface area contributed by atoms with Crippen molar-refractivity contribution in [1.82, 2.24) is 0 Å². The van der Waals surface area contributed by atoms with E-state index in [9.17, 15) is 55.9 Å². The summed E-state index contributed by atoms with van der Waals surface area (Å²) in [5, 5.41) is 110. The molecule has 5 fully saturated rings. The average Bonchev–Trinajstić information content (AvgIpc) is 3.36. The number of aromatic hydroxyl groups is 2. The zero-order chi connectivity index (χ0) is 56.3. The number of aliphatic hydroxyl groups excluding tert-OH is 7. The summed E-state index contributed by atoms with van der Waals surface area (Å²) >= 11 is 0. The van der Waals surface area contributed by atoms with Gasteiger partial charge in [0.25, 0.3) is 0 Å². The first-order valence-corrected chi connectivity index (χ1v) is 26.4. The molecule has 5 saturated heterocycles. The number of aliphatic hydroxyl groups is 8. The molecule has 5 aliphatic heterocycles. The summed E-state index contributed by atoms with van der Waals surface area (Å²) in [6.07, 6.45) is -25.4. The number of methoxy groups -OCH3 is 2. The van der Waals surface area contributed by atoms with Gasteiger partial charge in [-0.25, -0.2) is 0 Å². The number of hydrogen-bond acceptors (Lipinski definition) is 24. The molecule has 0 amide bonds. The maximum absolute atomic E-state index is 15.1. The molecule has 0 spiro atoms. The van der Waals surface area contributed by atoms with Gasteiger partial charge in [0.1, 0.15) is 66.1 Å². The molecule has 0 radical (unpaired) electrons. The van der Waals surface area contributed by atoms with Gasteiger partial charge in [0.05, 0.1) is 77.6 Å². The Balaban J connectivity index is 1.05. The van der Waals surface area contributed by atoms with Crippen molar-refractivity contribution in [2.45, 2.75) is 241 Å². The molecular weight excluding hydrogens is 1020 g/mol. The van der Waals surface area contributed by atoms with E-state index in [4.69, 9.17) is 56.8 Å². The lowest BCUT2D eigenvalue weighted by Gasteiger charge is -2.46. The van der Waals surface area contributed by atoms with Gasteiger partial charge in [-0.05, 0) is 84.9 Å². The summed E-state index contributed by atoms with van der Waals surface area (Å²) < 4.78 is 73.0. The number of ketones is 2. The smallest absolute Gasteiger partial charge is 0.202 e. The van der Waals surface area contributed by atoms with E-state index in [2.05, 4.69) is 0 Å². The van der Waals surface area contributed by atoms with Crippen molar-refractivity contribution < 1.29 is 117 Å². The van der Waals surface area contributed by atoms with Crippen molar-refractivity contribution in [3.63, 3.8) is 0 Å². The van der Waals surface area contributed by atoms with Crippen LogP contribution in [0.15, 0.2) is 12.1 Å². The Hall–Kier alpha value is -3.32. The predicted octanol–water partition coefficient (Wildman–Crippen LogP) is 0.405. The van der Waals surface area contributed by atoms with Gasteiger partial charge in [-0.3, -0.25) is 9.59 Å². The second-order valence-corrected chi connectivity index (χ2v) is 21.9. The lowest BCUT2D eigenvalue weighted by Crippen LogP contribution is -2.58. The number of hydrogen-bond donors (Lipinski definition) is 10. The molecule has 25 atom stereocenters. The molecule has 0 aromatic heterocycles. The van der Waals surface area contributed by atoms with E-state index < -0.39 is 176 Å². The molecule has 0 bridgehead atoms. The Bertz CT molecular complexity index is 2370. The third kappa shape index (κ3) is 12.3. The number of rotatable bonds is 16. The summed E-state index contributed by atoms with van der Waals surface area (Å²) in [6.45, 7) is 12.3. The largest absolute Gasteiger partial charge is 0.507 e. The minimum Gasteiger partial charge on any atom is -0.507 e. The van der Waals surface area contributed by atoms with Crippen LogP contribution in [0.3, 0.4) is 0 Å². The molecule has 24 heteroatoms. The Morgan fingerprint density at radius 2 is 1.23 bits per heavy atom. The van der Waals surface area contributed by atoms with Crippen LogP contribution in [0, 0.1) is 12.8 Å². The van der Waals surface area contributed by atoms with Gasteiger partial charge in [0, 0.05) is 57.8 Å². The highest BCUT2D eigenvalue weighted by molar-refractivity contribution is 6.11. The maximum Gasteiger partial charge on any atom is 0.202 e. The van der Waals surface area contributed by atoms with Crippen LogP contribution in [0.2, 0.25) is 0 Å². The maximum atomic E-state index is 15.1. The van der Waals surface area contributed by atoms with Crippen molar-refractivity contribution in [3.05, 3.63) is 28.8 Å². The fourth-order valence-electron chi connectivity index (χ4n) is 11.7. The minimum absolute atomic E-state index is 0.00752. The molecule has 10 N–H and O–H groups in total. The molecule has 2 aromatic rings. The fourth-order valence-corrected chi connectivity index (χ4v) is 11.7. The first kappa shape index (κ1) is 59.8. The lowest BCUT2D eigenvalue weighted by molar-refractivity contribution is -0.334. The first-order chi connectivity index (χ1) is 36.2. The van der Waals surface area contributed by atoms with Crippen LogP contribution >= 0.6 is 0 Å². The van der Waals surface area contributed by atoms with Crippen molar-refractivity contribution in [3.8, 4) is 17.2 Å². The van der Waals surface area contributed by atoms with Crippen molar-refractivity contribution >= 4 is 22.3 Å². The van der Waals surface area contributed by atoms with E-state index in [0.29, 0.717) is 0 Å². The van der Waals surface area contributed by atoms with E-state index in [1.54, 1.807) is 53.7 Å². The third-order valence-electron chi connectivity index (χ3n) is 16.1. The van der Waals surface area contributed by atoms with Crippen molar-refractivity contribution in [1.29, 1.82) is 0 Å². The molecule has 24 nitrogen and oxygen atoms in total. The predicted molar refractivity (Wildman–Crippen MR) is 263 cm³/mol. The number of fused-ring (bicyclic) bond motifs is 2. The highest BCUT2D eigenvalue weighted by atomic mass is 16.7. The molecule has 1 unspecified atom stereocenters. The topological polar surface area (TPSA) is 347 Å². The Labute approximate surface area is 445 Å². The number of carbonyl (C=O) groups is 2. The van der Waals surface area contributed by atoms with Crippen LogP contribution in [0.4, 0.5) is 0 Å². The molecule has 434 valence electrons. The van der Waals surface area contributed by atoms with E-state index in [-0.39, 0.29) is 71.7 Å². The van der Waals surface area contributed by atoms with Crippen LogP contribution in [0.25, 0.3) is 10.8 Å². The second-order valence-electron chi connectivity index (χ2n) is 21.9. The summed E-state index contributed by atoms with van der Waals surface area (Å²) in [6, 6.07) is 3.09. The molecule has 5 heterocycles. The van der Waals surface area contributed by atoms with Gasteiger partial charge in [-0.1, -0.05) is 0 Å². The average molecular weight is 1100 g/mol. The van der Waals surface area contributed by atoms with Crippen LogP contribution in [-0.4, -0.2) is 224 Å². The van der Waals surface area contributed by atoms with E-state index in [0.717, 1.165) is 0 Å². The molecule has 1 aliphatic carbocycles. The second kappa shape index (κ2) is 24.0. The molecule has 77 heavy (non-hydrogen) atoms. The molecule has 2 aromatic carbocycles. The first-order valence-electron chi connectivity index (χ1n) is 26.4. The van der Waals surface area contributed by atoms with Crippen LogP contribution in [0.5, 0.6) is 17.2 Å². The highest BCUT2D eigenvalue weighted by Crippen LogP contribution is 2.48. The minimum atomic E-state index is -1.94. The Kier molecular flexibility index (Phi) is 18.7. The molecule has 0 saturated carbocycles. The fraction of sp³-hybridized carbons (Fsp3) is 0.774. The summed E-state index contributed by atoms with van der Waals surface area (Å²) in [4.78, 5) is 29.0. The summed E-state index contributed by atoms with van der Waals surface area (Å²) in [5.74, 6) is -3.94. The van der Waals surface area contributed by atoms with Gasteiger partial charge >= 0.3 is 0 Å². The number of phenolic OH excluding ortho intramolecular Hbond substituents is 2. The van der Waals surface area contributed by atoms with Crippen LogP contribution in [0.1, 0.15) is 102 Å². The quantitative estimate of drug-likeness (QED) is 0.109. The van der Waals surface area contributed by atoms with Crippen molar-refractivity contribution in [2.75, 3.05) is 14.2 Å². The van der Waals surface area contributed by atoms with E-state index in [1.165, 1.54) is 28.1 Å². The van der Waals surface area contributed by atoms with Crippen LogP contribution in [-0.2, 0) is 63.3 Å². The number of benzene rings is 2. The summed E-state index contributed by atoms with van der Waals surface area (Å²) in [5.41, 5.74) is -1.40. The SMILES string of the molecule is CO[C@@H]1[C@@H](C)O[C@@H](Oc2cc3cc4c(c(O)c3c(O)c2C)C(=O)[C@@H](O[C@H]2C[C@@H](OC3C[C@@H](O[C@H]5C[C@](C)(O)[C@H](O)[C@@H](C)O5)[C@@H](O)[C@@H](C)O3)[C@H](O)[C@@H](C)O2)[C@H]([C@H](OC)C(=O)[C@@H](O)[C@@H](C)O)C4)C[C@H]1O[C@H]1C[C@@H](O)[C@H](O)[C@@H](C)O1. The van der Waals surface area contributed by atoms with Gasteiger partial charge in [0.15, 0.2) is 36.7 Å². The lowest BCUT2D eigenvalue weighted by atomic mass is 9.75. The molecule has 6 aliphatic rings. The molecular formula is C53H78O24. The zero-order valence-electron chi connectivity index (χ0n) is 44.9. The van der Waals surface area contributed by atoms with E-state index >= 15 is 4.79 Å². The summed E-state index contributed by atoms with van der Waals surface area (Å²) in [7, 11) is 2.69. The number of ether oxygens (including phenoxy) is 12. The van der Waals surface area contributed by atoms with E-state index in [1.807, 2.05) is 0 Å². The number of phenols is 2. The monoisotopic (exact) mass is 1100 g/mol. The number of Topliss-reactive ketones (excluding diaryl/α,β-unsaturated/α-hetero) is 2. The third-order valence-corrected chi connectivity index (χ3v) is 16.1. The van der Waals surface area contributed by atoms with Crippen LogP contribution < -0.4 is 4.74 Å². The Morgan fingerprint density at radius 1 is 0.701 bits per heavy atom. The van der Waals surface area contributed by atoms with Crippen molar-refractivity contribution in [2.24, 2.45) is 5.92 Å².